The van der Waals surface area contributed by atoms with Crippen LogP contribution in [-0.2, 0) is 22.9 Å². The molecule has 1 aliphatic heterocycles. The van der Waals surface area contributed by atoms with E-state index in [1.54, 1.807) is 0 Å². The third-order valence-corrected chi connectivity index (χ3v) is 7.13. The van der Waals surface area contributed by atoms with Gasteiger partial charge in [0.05, 0.1) is 28.6 Å². The Morgan fingerprint density at radius 1 is 1.16 bits per heavy atom. The third-order valence-electron chi connectivity index (χ3n) is 7.13. The lowest BCUT2D eigenvalue weighted by Crippen LogP contribution is -2.27. The number of pyridine rings is 1. The summed E-state index contributed by atoms with van der Waals surface area (Å²) in [6.07, 6.45) is 8.45. The molecule has 0 bridgehead atoms. The van der Waals surface area contributed by atoms with Crippen LogP contribution in [0.15, 0.2) is 43.0 Å². The molecule has 2 fully saturated rings. The molecule has 0 radical (unpaired) electrons. The van der Waals surface area contributed by atoms with Crippen molar-refractivity contribution in [1.82, 2.24) is 24.1 Å². The molecule has 32 heavy (non-hydrogen) atoms. The summed E-state index contributed by atoms with van der Waals surface area (Å²) in [4.78, 5) is 13.2. The van der Waals surface area contributed by atoms with Gasteiger partial charge >= 0.3 is 0 Å². The molecule has 8 nitrogen and oxygen atoms in total. The monoisotopic (exact) mass is 432 g/mol. The van der Waals surface area contributed by atoms with E-state index in [1.807, 2.05) is 32.2 Å². The number of anilines is 1. The SMILES string of the molecule is Cn1c(CC[C@H]2C[C@@H](n3ccc4c(N)ncnc43)[C@@H]3OC(C)(C)O[C@H]23)cc2ncccc21. The minimum absolute atomic E-state index is 0.0176. The largest absolute Gasteiger partial charge is 0.383 e. The number of aromatic nitrogens is 5. The summed E-state index contributed by atoms with van der Waals surface area (Å²) in [7, 11) is 2.12. The average molecular weight is 433 g/mol. The molecule has 166 valence electrons. The number of hydrogen-bond donors (Lipinski definition) is 1. The van der Waals surface area contributed by atoms with Crippen LogP contribution in [0, 0.1) is 5.92 Å². The lowest BCUT2D eigenvalue weighted by Gasteiger charge is -2.24. The Labute approximate surface area is 186 Å². The number of rotatable bonds is 4. The molecule has 4 aromatic rings. The fraction of sp³-hybridized carbons (Fsp3) is 0.458. The molecular formula is C24H28N6O2. The van der Waals surface area contributed by atoms with Gasteiger partial charge in [0.25, 0.3) is 0 Å². The van der Waals surface area contributed by atoms with Crippen molar-refractivity contribution in [3.05, 3.63) is 48.7 Å². The van der Waals surface area contributed by atoms with E-state index in [0.717, 1.165) is 35.8 Å². The summed E-state index contributed by atoms with van der Waals surface area (Å²) in [6.45, 7) is 4.01. The van der Waals surface area contributed by atoms with Crippen molar-refractivity contribution in [2.75, 3.05) is 5.73 Å². The van der Waals surface area contributed by atoms with Crippen LogP contribution in [0.3, 0.4) is 0 Å². The van der Waals surface area contributed by atoms with Gasteiger partial charge in [-0.15, -0.1) is 0 Å². The van der Waals surface area contributed by atoms with Crippen LogP contribution < -0.4 is 5.73 Å². The van der Waals surface area contributed by atoms with Gasteiger partial charge < -0.3 is 24.3 Å². The van der Waals surface area contributed by atoms with Gasteiger partial charge in [-0.05, 0) is 63.3 Å². The van der Waals surface area contributed by atoms with E-state index in [2.05, 4.69) is 49.5 Å². The number of nitrogens with two attached hydrogens (primary N) is 1. The third kappa shape index (κ3) is 3.01. The van der Waals surface area contributed by atoms with Crippen LogP contribution in [0.5, 0.6) is 0 Å². The summed E-state index contributed by atoms with van der Waals surface area (Å²) in [6, 6.07) is 8.45. The van der Waals surface area contributed by atoms with Gasteiger partial charge in [-0.2, -0.15) is 0 Å². The molecule has 2 aliphatic rings. The first-order valence-electron chi connectivity index (χ1n) is 11.2. The highest BCUT2D eigenvalue weighted by Crippen LogP contribution is 2.49. The van der Waals surface area contributed by atoms with Gasteiger partial charge in [0.15, 0.2) is 5.79 Å². The van der Waals surface area contributed by atoms with Gasteiger partial charge in [0.1, 0.15) is 23.9 Å². The number of hydrogen-bond acceptors (Lipinski definition) is 6. The van der Waals surface area contributed by atoms with Crippen molar-refractivity contribution < 1.29 is 9.47 Å². The first-order valence-corrected chi connectivity index (χ1v) is 11.2. The van der Waals surface area contributed by atoms with Crippen LogP contribution in [0.2, 0.25) is 0 Å². The van der Waals surface area contributed by atoms with Crippen molar-refractivity contribution in [1.29, 1.82) is 0 Å². The van der Waals surface area contributed by atoms with E-state index >= 15 is 0 Å². The molecule has 8 heteroatoms. The molecule has 0 aromatic carbocycles. The quantitative estimate of drug-likeness (QED) is 0.530. The Bertz CT molecular complexity index is 1310. The molecule has 4 aromatic heterocycles. The van der Waals surface area contributed by atoms with Gasteiger partial charge in [-0.25, -0.2) is 9.97 Å². The van der Waals surface area contributed by atoms with E-state index in [9.17, 15) is 0 Å². The summed E-state index contributed by atoms with van der Waals surface area (Å²) in [5.41, 5.74) is 10.4. The van der Waals surface area contributed by atoms with Crippen molar-refractivity contribution >= 4 is 27.9 Å². The number of ether oxygens (including phenoxy) is 2. The highest BCUT2D eigenvalue weighted by atomic mass is 16.8. The summed E-state index contributed by atoms with van der Waals surface area (Å²) in [5, 5.41) is 0.883. The second kappa shape index (κ2) is 7.02. The Hall–Kier alpha value is -2.97. The van der Waals surface area contributed by atoms with Crippen LogP contribution in [0.1, 0.15) is 38.4 Å². The Morgan fingerprint density at radius 3 is 2.84 bits per heavy atom. The van der Waals surface area contributed by atoms with Crippen LogP contribution >= 0.6 is 0 Å². The zero-order chi connectivity index (χ0) is 22.0. The number of fused-ring (bicyclic) bond motifs is 3. The molecule has 0 unspecified atom stereocenters. The molecule has 1 saturated carbocycles. The molecule has 2 N–H and O–H groups in total. The minimum Gasteiger partial charge on any atom is -0.383 e. The Morgan fingerprint density at radius 2 is 2.00 bits per heavy atom. The molecule has 4 atom stereocenters. The summed E-state index contributed by atoms with van der Waals surface area (Å²) >= 11 is 0. The van der Waals surface area contributed by atoms with Crippen LogP contribution in [0.4, 0.5) is 5.82 Å². The Kier molecular flexibility index (Phi) is 4.32. The van der Waals surface area contributed by atoms with E-state index in [0.29, 0.717) is 11.7 Å². The number of nitrogen functional groups attached to an aromatic ring is 1. The summed E-state index contributed by atoms with van der Waals surface area (Å²) < 4.78 is 17.3. The van der Waals surface area contributed by atoms with Gasteiger partial charge in [-0.3, -0.25) is 4.98 Å². The van der Waals surface area contributed by atoms with Gasteiger partial charge in [-0.1, -0.05) is 0 Å². The van der Waals surface area contributed by atoms with Crippen molar-refractivity contribution in [3.8, 4) is 0 Å². The molecule has 1 aliphatic carbocycles. The van der Waals surface area contributed by atoms with Gasteiger partial charge in [0.2, 0.25) is 0 Å². The van der Waals surface area contributed by atoms with Crippen molar-refractivity contribution in [2.24, 2.45) is 13.0 Å². The highest BCUT2D eigenvalue weighted by Gasteiger charge is 2.54. The smallest absolute Gasteiger partial charge is 0.163 e. The molecule has 6 rings (SSSR count). The number of nitrogens with zero attached hydrogens (tertiary/aromatic N) is 5. The van der Waals surface area contributed by atoms with Crippen LogP contribution in [0.25, 0.3) is 22.1 Å². The van der Waals surface area contributed by atoms with E-state index in [1.165, 1.54) is 17.5 Å². The summed E-state index contributed by atoms with van der Waals surface area (Å²) in [5.74, 6) is 0.301. The molecule has 5 heterocycles. The van der Waals surface area contributed by atoms with Gasteiger partial charge in [0, 0.05) is 25.1 Å². The molecule has 1 saturated heterocycles. The second-order valence-electron chi connectivity index (χ2n) is 9.49. The maximum Gasteiger partial charge on any atom is 0.163 e. The van der Waals surface area contributed by atoms with E-state index < -0.39 is 5.79 Å². The fourth-order valence-electron chi connectivity index (χ4n) is 5.66. The second-order valence-corrected chi connectivity index (χ2v) is 9.49. The van der Waals surface area contributed by atoms with E-state index in [4.69, 9.17) is 15.2 Å². The first kappa shape index (κ1) is 19.7. The zero-order valence-electron chi connectivity index (χ0n) is 18.6. The first-order chi connectivity index (χ1) is 15.4. The number of aryl methyl sites for hydroxylation is 2. The predicted octanol–water partition coefficient (Wildman–Crippen LogP) is 3.61. The molecule has 0 amide bonds. The highest BCUT2D eigenvalue weighted by molar-refractivity contribution is 5.86. The normalized spacial score (nSPS) is 26.8. The van der Waals surface area contributed by atoms with Crippen LogP contribution in [-0.4, -0.2) is 42.1 Å². The standard InChI is InChI=1S/C24H28N6O2/c1-24(2)31-20-14(6-7-15-12-17-18(29(15)3)5-4-9-26-17)11-19(21(20)32-24)30-10-8-16-22(25)27-13-28-23(16)30/h4-5,8-10,12-14,19-21H,6-7,11H2,1-3H3,(H2,25,27,28)/t14-,19+,20+,21-/m0/s1. The van der Waals surface area contributed by atoms with E-state index in [-0.39, 0.29) is 18.2 Å². The van der Waals surface area contributed by atoms with Crippen molar-refractivity contribution in [3.63, 3.8) is 0 Å². The molecule has 0 spiro atoms. The fourth-order valence-corrected chi connectivity index (χ4v) is 5.66. The average Bonchev–Trinajstić information content (AvgIpc) is 3.49. The zero-order valence-corrected chi connectivity index (χ0v) is 18.6. The lowest BCUT2D eigenvalue weighted by atomic mass is 9.98. The maximum absolute atomic E-state index is 6.41. The maximum atomic E-state index is 6.41. The Balaban J connectivity index is 1.30. The topological polar surface area (TPSA) is 93.0 Å². The minimum atomic E-state index is -0.590. The molecular weight excluding hydrogens is 404 g/mol. The lowest BCUT2D eigenvalue weighted by molar-refractivity contribution is -0.160. The van der Waals surface area contributed by atoms with Crippen molar-refractivity contribution in [2.45, 2.75) is 57.1 Å². The predicted molar refractivity (Wildman–Crippen MR) is 122 cm³/mol.